The summed E-state index contributed by atoms with van der Waals surface area (Å²) in [5.41, 5.74) is 2.92. The average Bonchev–Trinajstić information content (AvgIpc) is 2.99. The Morgan fingerprint density at radius 1 is 0.931 bits per heavy atom. The minimum atomic E-state index is -0.717. The molecular formula is C24H18BrNO3. The van der Waals surface area contributed by atoms with Gasteiger partial charge in [0.1, 0.15) is 5.76 Å². The smallest absolute Gasteiger partial charge is 0.300 e. The molecule has 1 unspecified atom stereocenters. The standard InChI is InChI=1S/C24H18BrNO3/c1-15-6-5-9-19(14-15)26-21(16-10-12-18(25)13-11-16)20(23(28)24(26)29)22(27)17-7-3-2-4-8-17/h2-14,21,27H,1H3. The molecule has 4 nitrogen and oxygen atoms in total. The van der Waals surface area contributed by atoms with E-state index < -0.39 is 17.7 Å². The number of benzene rings is 3. The Hall–Kier alpha value is -3.18. The molecule has 29 heavy (non-hydrogen) atoms. The highest BCUT2D eigenvalue weighted by molar-refractivity contribution is 9.10. The van der Waals surface area contributed by atoms with Gasteiger partial charge >= 0.3 is 0 Å². The lowest BCUT2D eigenvalue weighted by Crippen LogP contribution is -2.29. The summed E-state index contributed by atoms with van der Waals surface area (Å²) in [6, 6.07) is 22.9. The number of aryl methyl sites for hydroxylation is 1. The highest BCUT2D eigenvalue weighted by atomic mass is 79.9. The van der Waals surface area contributed by atoms with Gasteiger partial charge in [-0.05, 0) is 42.3 Å². The van der Waals surface area contributed by atoms with Crippen LogP contribution in [0.4, 0.5) is 5.69 Å². The van der Waals surface area contributed by atoms with Gasteiger partial charge in [-0.15, -0.1) is 0 Å². The van der Waals surface area contributed by atoms with Crippen molar-refractivity contribution in [3.63, 3.8) is 0 Å². The quantitative estimate of drug-likeness (QED) is 0.332. The second-order valence-corrected chi connectivity index (χ2v) is 7.84. The molecule has 0 saturated carbocycles. The summed E-state index contributed by atoms with van der Waals surface area (Å²) in [6.45, 7) is 1.93. The summed E-state index contributed by atoms with van der Waals surface area (Å²) < 4.78 is 0.886. The third-order valence-corrected chi connectivity index (χ3v) is 5.49. The number of rotatable bonds is 3. The maximum absolute atomic E-state index is 13.0. The molecular weight excluding hydrogens is 430 g/mol. The molecule has 0 aliphatic carbocycles. The van der Waals surface area contributed by atoms with Crippen molar-refractivity contribution in [1.82, 2.24) is 0 Å². The Bertz CT molecular complexity index is 1120. The first-order valence-electron chi connectivity index (χ1n) is 9.16. The first-order chi connectivity index (χ1) is 14.0. The molecule has 0 bridgehead atoms. The number of carbonyl (C=O) groups is 2. The second-order valence-electron chi connectivity index (χ2n) is 6.93. The molecule has 1 saturated heterocycles. The van der Waals surface area contributed by atoms with Crippen molar-refractivity contribution in [2.75, 3.05) is 4.90 Å². The Kier molecular flexibility index (Phi) is 5.07. The van der Waals surface area contributed by atoms with E-state index in [-0.39, 0.29) is 11.3 Å². The fourth-order valence-corrected chi connectivity index (χ4v) is 3.85. The summed E-state index contributed by atoms with van der Waals surface area (Å²) in [5, 5.41) is 11.0. The molecule has 1 amide bonds. The number of hydrogen-bond acceptors (Lipinski definition) is 3. The van der Waals surface area contributed by atoms with E-state index in [2.05, 4.69) is 15.9 Å². The van der Waals surface area contributed by atoms with Gasteiger partial charge < -0.3 is 5.11 Å². The van der Waals surface area contributed by atoms with Gasteiger partial charge in [0.05, 0.1) is 11.6 Å². The van der Waals surface area contributed by atoms with Crippen LogP contribution in [-0.2, 0) is 9.59 Å². The highest BCUT2D eigenvalue weighted by Crippen LogP contribution is 2.42. The highest BCUT2D eigenvalue weighted by Gasteiger charge is 2.46. The first kappa shape index (κ1) is 19.2. The fourth-order valence-electron chi connectivity index (χ4n) is 3.59. The maximum atomic E-state index is 13.0. The van der Waals surface area contributed by atoms with E-state index in [1.165, 1.54) is 4.90 Å². The van der Waals surface area contributed by atoms with Gasteiger partial charge in [-0.2, -0.15) is 0 Å². The van der Waals surface area contributed by atoms with Crippen LogP contribution >= 0.6 is 15.9 Å². The number of hydrogen-bond donors (Lipinski definition) is 1. The Labute approximate surface area is 177 Å². The van der Waals surface area contributed by atoms with E-state index in [9.17, 15) is 14.7 Å². The van der Waals surface area contributed by atoms with Gasteiger partial charge in [0.2, 0.25) is 0 Å². The summed E-state index contributed by atoms with van der Waals surface area (Å²) in [5.74, 6) is -1.52. The molecule has 1 fully saturated rings. The third kappa shape index (κ3) is 3.49. The molecule has 0 spiro atoms. The molecule has 1 heterocycles. The lowest BCUT2D eigenvalue weighted by Gasteiger charge is -2.25. The van der Waals surface area contributed by atoms with Crippen LogP contribution in [0.25, 0.3) is 5.76 Å². The first-order valence-corrected chi connectivity index (χ1v) is 9.95. The van der Waals surface area contributed by atoms with E-state index in [0.29, 0.717) is 11.3 Å². The van der Waals surface area contributed by atoms with Crippen LogP contribution in [0.2, 0.25) is 0 Å². The van der Waals surface area contributed by atoms with Crippen LogP contribution in [0.1, 0.15) is 22.7 Å². The summed E-state index contributed by atoms with van der Waals surface area (Å²) >= 11 is 3.42. The number of anilines is 1. The largest absolute Gasteiger partial charge is 0.507 e. The molecule has 3 aromatic rings. The zero-order valence-corrected chi connectivity index (χ0v) is 17.3. The van der Waals surface area contributed by atoms with E-state index in [1.807, 2.05) is 55.5 Å². The van der Waals surface area contributed by atoms with E-state index >= 15 is 0 Å². The third-order valence-electron chi connectivity index (χ3n) is 4.96. The Balaban J connectivity index is 1.96. The van der Waals surface area contributed by atoms with Crippen LogP contribution in [0.3, 0.4) is 0 Å². The molecule has 1 atom stereocenters. The van der Waals surface area contributed by atoms with Crippen molar-refractivity contribution in [2.45, 2.75) is 13.0 Å². The number of aliphatic hydroxyl groups is 1. The molecule has 4 rings (SSSR count). The minimum Gasteiger partial charge on any atom is -0.507 e. The molecule has 0 radical (unpaired) electrons. The Morgan fingerprint density at radius 3 is 2.28 bits per heavy atom. The van der Waals surface area contributed by atoms with Crippen molar-refractivity contribution in [3.8, 4) is 0 Å². The van der Waals surface area contributed by atoms with Gasteiger partial charge in [0, 0.05) is 15.7 Å². The number of aliphatic hydroxyl groups excluding tert-OH is 1. The molecule has 144 valence electrons. The van der Waals surface area contributed by atoms with Gasteiger partial charge in [-0.25, -0.2) is 0 Å². The van der Waals surface area contributed by atoms with Crippen LogP contribution in [0, 0.1) is 6.92 Å². The van der Waals surface area contributed by atoms with E-state index in [4.69, 9.17) is 0 Å². The number of nitrogens with zero attached hydrogens (tertiary/aromatic N) is 1. The maximum Gasteiger partial charge on any atom is 0.300 e. The normalized spacial score (nSPS) is 18.3. The minimum absolute atomic E-state index is 0.0880. The number of halogens is 1. The zero-order valence-electron chi connectivity index (χ0n) is 15.7. The van der Waals surface area contributed by atoms with E-state index in [1.54, 1.807) is 30.3 Å². The van der Waals surface area contributed by atoms with Gasteiger partial charge in [0.15, 0.2) is 0 Å². The number of amides is 1. The monoisotopic (exact) mass is 447 g/mol. The van der Waals surface area contributed by atoms with Crippen LogP contribution in [0.5, 0.6) is 0 Å². The molecule has 5 heteroatoms. The Morgan fingerprint density at radius 2 is 1.62 bits per heavy atom. The number of ketones is 1. The molecule has 1 N–H and O–H groups in total. The van der Waals surface area contributed by atoms with Gasteiger partial charge in [0.25, 0.3) is 11.7 Å². The molecule has 1 aliphatic rings. The zero-order chi connectivity index (χ0) is 20.5. The second kappa shape index (κ2) is 7.68. The number of carbonyl (C=O) groups excluding carboxylic acids is 2. The van der Waals surface area contributed by atoms with Crippen molar-refractivity contribution < 1.29 is 14.7 Å². The summed E-state index contributed by atoms with van der Waals surface area (Å²) in [4.78, 5) is 27.5. The van der Waals surface area contributed by atoms with E-state index in [0.717, 1.165) is 15.6 Å². The van der Waals surface area contributed by atoms with Crippen LogP contribution < -0.4 is 4.90 Å². The molecule has 3 aromatic carbocycles. The van der Waals surface area contributed by atoms with Gasteiger partial charge in [-0.1, -0.05) is 70.5 Å². The van der Waals surface area contributed by atoms with Crippen molar-refractivity contribution in [2.24, 2.45) is 0 Å². The SMILES string of the molecule is Cc1cccc(N2C(=O)C(=O)C(=C(O)c3ccccc3)C2c2ccc(Br)cc2)c1. The topological polar surface area (TPSA) is 57.6 Å². The predicted octanol–water partition coefficient (Wildman–Crippen LogP) is 5.38. The predicted molar refractivity (Wildman–Crippen MR) is 117 cm³/mol. The van der Waals surface area contributed by atoms with Gasteiger partial charge in [-0.3, -0.25) is 14.5 Å². The lowest BCUT2D eigenvalue weighted by atomic mass is 9.95. The van der Waals surface area contributed by atoms with Crippen molar-refractivity contribution in [3.05, 3.63) is 106 Å². The molecule has 1 aliphatic heterocycles. The fraction of sp³-hybridized carbons (Fsp3) is 0.0833. The van der Waals surface area contributed by atoms with Crippen LogP contribution in [-0.4, -0.2) is 16.8 Å². The van der Waals surface area contributed by atoms with Crippen LogP contribution in [0.15, 0.2) is 88.9 Å². The average molecular weight is 448 g/mol. The summed E-state index contributed by atoms with van der Waals surface area (Å²) in [6.07, 6.45) is 0. The van der Waals surface area contributed by atoms with Crippen molar-refractivity contribution in [1.29, 1.82) is 0 Å². The molecule has 0 aromatic heterocycles. The summed E-state index contributed by atoms with van der Waals surface area (Å²) in [7, 11) is 0. The van der Waals surface area contributed by atoms with Crippen molar-refractivity contribution >= 4 is 39.1 Å². The number of Topliss-reactive ketones (excluding diaryl/α,β-unsaturated/α-hetero) is 1. The lowest BCUT2D eigenvalue weighted by molar-refractivity contribution is -0.132.